The minimum absolute atomic E-state index is 0.0368. The molecular formula is C26H25ClN2O3. The number of nitriles is 1. The number of benzene rings is 2. The fourth-order valence-corrected chi connectivity index (χ4v) is 6.99. The number of esters is 1. The molecular weight excluding hydrogens is 424 g/mol. The topological polar surface area (TPSA) is 79.2 Å². The molecule has 0 saturated heterocycles. The van der Waals surface area contributed by atoms with Crippen LogP contribution in [-0.4, -0.2) is 18.5 Å². The van der Waals surface area contributed by atoms with Crippen LogP contribution in [-0.2, 0) is 19.7 Å². The predicted molar refractivity (Wildman–Crippen MR) is 121 cm³/mol. The molecule has 0 spiro atoms. The van der Waals surface area contributed by atoms with Crippen molar-refractivity contribution in [1.82, 2.24) is 0 Å². The molecule has 4 aliphatic rings. The summed E-state index contributed by atoms with van der Waals surface area (Å²) in [4.78, 5) is 25.8. The Labute approximate surface area is 192 Å². The molecule has 6 heteroatoms. The van der Waals surface area contributed by atoms with Crippen LogP contribution < -0.4 is 5.32 Å². The zero-order chi connectivity index (χ0) is 22.3. The molecule has 4 saturated carbocycles. The first-order valence-corrected chi connectivity index (χ1v) is 11.5. The van der Waals surface area contributed by atoms with Crippen molar-refractivity contribution in [3.8, 4) is 6.07 Å². The lowest BCUT2D eigenvalue weighted by molar-refractivity contribution is -0.175. The van der Waals surface area contributed by atoms with Crippen LogP contribution >= 0.6 is 11.6 Å². The highest BCUT2D eigenvalue weighted by molar-refractivity contribution is 6.31. The Hall–Kier alpha value is -2.84. The van der Waals surface area contributed by atoms with E-state index >= 15 is 0 Å². The largest absolute Gasteiger partial charge is 0.455 e. The van der Waals surface area contributed by atoms with Crippen molar-refractivity contribution in [3.63, 3.8) is 0 Å². The Morgan fingerprint density at radius 1 is 1.09 bits per heavy atom. The first-order valence-electron chi connectivity index (χ1n) is 11.1. The monoisotopic (exact) mass is 448 g/mol. The van der Waals surface area contributed by atoms with E-state index in [1.807, 2.05) is 12.1 Å². The molecule has 2 aromatic carbocycles. The highest BCUT2D eigenvalue weighted by atomic mass is 35.5. The van der Waals surface area contributed by atoms with Gasteiger partial charge in [0.25, 0.3) is 5.91 Å². The molecule has 0 aromatic heterocycles. The quantitative estimate of drug-likeness (QED) is 0.635. The van der Waals surface area contributed by atoms with Crippen LogP contribution in [0.25, 0.3) is 0 Å². The Morgan fingerprint density at radius 2 is 1.81 bits per heavy atom. The van der Waals surface area contributed by atoms with Gasteiger partial charge >= 0.3 is 5.97 Å². The summed E-state index contributed by atoms with van der Waals surface area (Å²) in [5.74, 6) is 0.332. The molecule has 1 N–H and O–H groups in total. The summed E-state index contributed by atoms with van der Waals surface area (Å²) >= 11 is 5.98. The number of anilines is 1. The molecule has 2 atom stereocenters. The van der Waals surface area contributed by atoms with Crippen LogP contribution in [0.3, 0.4) is 0 Å². The molecule has 0 heterocycles. The van der Waals surface area contributed by atoms with Crippen molar-refractivity contribution in [2.75, 3.05) is 11.9 Å². The fourth-order valence-electron chi connectivity index (χ4n) is 6.82. The predicted octanol–water partition coefficient (Wildman–Crippen LogP) is 5.23. The van der Waals surface area contributed by atoms with E-state index in [1.54, 1.807) is 12.1 Å². The number of nitrogens with one attached hydrogen (secondary N) is 1. The third-order valence-electron chi connectivity index (χ3n) is 7.59. The van der Waals surface area contributed by atoms with E-state index in [2.05, 4.69) is 29.6 Å². The van der Waals surface area contributed by atoms with Gasteiger partial charge in [-0.25, -0.2) is 0 Å². The molecule has 164 valence electrons. The Kier molecular flexibility index (Phi) is 5.22. The molecule has 2 aromatic rings. The second-order valence-electron chi connectivity index (χ2n) is 9.81. The van der Waals surface area contributed by atoms with E-state index < -0.39 is 11.3 Å². The van der Waals surface area contributed by atoms with Gasteiger partial charge in [0.1, 0.15) is 6.07 Å². The van der Waals surface area contributed by atoms with E-state index in [-0.39, 0.29) is 18.0 Å². The van der Waals surface area contributed by atoms with E-state index in [0.29, 0.717) is 28.1 Å². The molecule has 0 radical (unpaired) electrons. The van der Waals surface area contributed by atoms with Crippen LogP contribution in [0.1, 0.15) is 49.7 Å². The number of amides is 1. The standard InChI is InChI=1S/C26H25ClN2O3/c27-21-7-6-19(14-28)22(9-21)29-23(30)15-32-24(31)26-12-17-8-18(13-26)11-25(10-17,16-26)20-4-2-1-3-5-20/h1-7,9,17-18H,8,10-13,15-16H2,(H,29,30)/t17-,18-,25?,26?/m1/s1. The van der Waals surface area contributed by atoms with E-state index in [0.717, 1.165) is 32.1 Å². The van der Waals surface area contributed by atoms with Crippen LogP contribution in [0.5, 0.6) is 0 Å². The van der Waals surface area contributed by atoms with E-state index in [4.69, 9.17) is 16.3 Å². The van der Waals surface area contributed by atoms with Crippen molar-refractivity contribution >= 4 is 29.2 Å². The highest BCUT2D eigenvalue weighted by Crippen LogP contribution is 2.66. The number of ether oxygens (including phenoxy) is 1. The maximum Gasteiger partial charge on any atom is 0.312 e. The van der Waals surface area contributed by atoms with Crippen LogP contribution in [0.4, 0.5) is 5.69 Å². The van der Waals surface area contributed by atoms with Crippen LogP contribution in [0.2, 0.25) is 5.02 Å². The van der Waals surface area contributed by atoms with Gasteiger partial charge in [0.05, 0.1) is 16.7 Å². The van der Waals surface area contributed by atoms with Crippen LogP contribution in [0.15, 0.2) is 48.5 Å². The first kappa shape index (κ1) is 21.0. The zero-order valence-electron chi connectivity index (χ0n) is 17.8. The lowest BCUT2D eigenvalue weighted by atomic mass is 9.43. The number of hydrogen-bond acceptors (Lipinski definition) is 4. The van der Waals surface area contributed by atoms with Crippen molar-refractivity contribution < 1.29 is 14.3 Å². The molecule has 1 amide bonds. The van der Waals surface area contributed by atoms with Crippen LogP contribution in [0, 0.1) is 28.6 Å². The molecule has 4 bridgehead atoms. The fraction of sp³-hybridized carbons (Fsp3) is 0.423. The number of nitrogens with zero attached hydrogens (tertiary/aromatic N) is 1. The average Bonchev–Trinajstić information content (AvgIpc) is 2.77. The molecule has 32 heavy (non-hydrogen) atoms. The summed E-state index contributed by atoms with van der Waals surface area (Å²) in [6, 6.07) is 17.2. The van der Waals surface area contributed by atoms with Gasteiger partial charge in [-0.2, -0.15) is 5.26 Å². The third kappa shape index (κ3) is 3.67. The summed E-state index contributed by atoms with van der Waals surface area (Å²) in [5, 5.41) is 12.3. The number of carbonyl (C=O) groups excluding carboxylic acids is 2. The summed E-state index contributed by atoms with van der Waals surface area (Å²) in [6.45, 7) is -0.369. The minimum Gasteiger partial charge on any atom is -0.455 e. The number of carbonyl (C=O) groups is 2. The highest BCUT2D eigenvalue weighted by Gasteiger charge is 2.61. The van der Waals surface area contributed by atoms with Gasteiger partial charge in [-0.3, -0.25) is 9.59 Å². The molecule has 5 nitrogen and oxygen atoms in total. The maximum atomic E-state index is 13.3. The minimum atomic E-state index is -0.506. The second-order valence-corrected chi connectivity index (χ2v) is 10.3. The van der Waals surface area contributed by atoms with Crippen molar-refractivity contribution in [3.05, 3.63) is 64.7 Å². The van der Waals surface area contributed by atoms with E-state index in [9.17, 15) is 14.9 Å². The van der Waals surface area contributed by atoms with Gasteiger partial charge in [0.2, 0.25) is 0 Å². The summed E-state index contributed by atoms with van der Waals surface area (Å²) in [7, 11) is 0. The smallest absolute Gasteiger partial charge is 0.312 e. The SMILES string of the molecule is N#Cc1ccc(Cl)cc1NC(=O)COC(=O)C12C[C@@H]3C[C@@H](C1)CC(c1ccccc1)(C3)C2. The number of rotatable bonds is 5. The van der Waals surface area contributed by atoms with Crippen molar-refractivity contribution in [1.29, 1.82) is 5.26 Å². The van der Waals surface area contributed by atoms with Gasteiger partial charge in [0, 0.05) is 5.02 Å². The van der Waals surface area contributed by atoms with Gasteiger partial charge < -0.3 is 10.1 Å². The Bertz CT molecular complexity index is 1090. The summed E-state index contributed by atoms with van der Waals surface area (Å²) < 4.78 is 5.58. The Morgan fingerprint density at radius 3 is 2.50 bits per heavy atom. The van der Waals surface area contributed by atoms with E-state index in [1.165, 1.54) is 18.1 Å². The molecule has 4 fully saturated rings. The zero-order valence-corrected chi connectivity index (χ0v) is 18.5. The van der Waals surface area contributed by atoms with Gasteiger partial charge in [-0.15, -0.1) is 0 Å². The van der Waals surface area contributed by atoms with Gasteiger partial charge in [-0.1, -0.05) is 41.9 Å². The molecule has 0 aliphatic heterocycles. The normalized spacial score (nSPS) is 29.9. The van der Waals surface area contributed by atoms with Gasteiger partial charge in [-0.05, 0) is 79.5 Å². The third-order valence-corrected chi connectivity index (χ3v) is 7.83. The Balaban J connectivity index is 1.29. The lowest BCUT2D eigenvalue weighted by Gasteiger charge is -2.61. The number of hydrogen-bond donors (Lipinski definition) is 1. The lowest BCUT2D eigenvalue weighted by Crippen LogP contribution is -2.57. The maximum absolute atomic E-state index is 13.3. The van der Waals surface area contributed by atoms with Crippen molar-refractivity contribution in [2.45, 2.75) is 43.9 Å². The molecule has 4 aliphatic carbocycles. The van der Waals surface area contributed by atoms with Gasteiger partial charge in [0.15, 0.2) is 6.61 Å². The molecule has 6 rings (SSSR count). The summed E-state index contributed by atoms with van der Waals surface area (Å²) in [6.07, 6.45) is 5.96. The first-order chi connectivity index (χ1) is 15.4. The summed E-state index contributed by atoms with van der Waals surface area (Å²) in [5.41, 5.74) is 1.48. The number of halogens is 1. The molecule has 0 unspecified atom stereocenters. The average molecular weight is 449 g/mol. The van der Waals surface area contributed by atoms with Crippen molar-refractivity contribution in [2.24, 2.45) is 17.3 Å². The second kappa shape index (κ2) is 7.94.